The summed E-state index contributed by atoms with van der Waals surface area (Å²) in [5.74, 6) is 0. The van der Waals surface area contributed by atoms with Gasteiger partial charge in [0.2, 0.25) is 0 Å². The summed E-state index contributed by atoms with van der Waals surface area (Å²) in [6, 6.07) is 125. The number of thiophene rings is 1. The fourth-order valence-electron chi connectivity index (χ4n) is 16.6. The van der Waals surface area contributed by atoms with Gasteiger partial charge >= 0.3 is 0 Å². The molecule has 16 aromatic carbocycles. The summed E-state index contributed by atoms with van der Waals surface area (Å²) in [5.41, 5.74) is 25.0. The molecule has 4 nitrogen and oxygen atoms in total. The number of benzene rings is 16. The Balaban J connectivity index is 0.000000129. The van der Waals surface area contributed by atoms with E-state index in [0.29, 0.717) is 0 Å². The highest BCUT2D eigenvalue weighted by atomic mass is 32.1. The van der Waals surface area contributed by atoms with Gasteiger partial charge in [-0.3, -0.25) is 0 Å². The van der Waals surface area contributed by atoms with Crippen LogP contribution in [0.5, 0.6) is 0 Å². The number of hydrogen-bond acceptors (Lipinski definition) is 1. The Bertz CT molecular complexity index is 6890. The number of aromatic nitrogens is 4. The summed E-state index contributed by atoms with van der Waals surface area (Å²) in [6.45, 7) is 0. The predicted molar refractivity (Wildman–Crippen MR) is 417 cm³/mol. The summed E-state index contributed by atoms with van der Waals surface area (Å²) < 4.78 is 12.4. The summed E-state index contributed by atoms with van der Waals surface area (Å²) >= 11 is 1.90. The van der Waals surface area contributed by atoms with Crippen LogP contribution in [0.2, 0.25) is 0 Å². The maximum Gasteiger partial charge on any atom is 0.0555 e. The van der Waals surface area contributed by atoms with E-state index in [0.717, 1.165) is 6.42 Å². The molecule has 5 heterocycles. The van der Waals surface area contributed by atoms with Crippen LogP contribution in [0, 0.1) is 0 Å². The molecule has 98 heavy (non-hydrogen) atoms. The highest BCUT2D eigenvalue weighted by Gasteiger charge is 2.26. The van der Waals surface area contributed by atoms with Crippen LogP contribution in [0.25, 0.3) is 185 Å². The molecule has 0 fully saturated rings. The molecular formula is C93H58N4S. The van der Waals surface area contributed by atoms with Gasteiger partial charge in [0.05, 0.1) is 44.1 Å². The van der Waals surface area contributed by atoms with Crippen LogP contribution in [0.1, 0.15) is 11.1 Å². The van der Waals surface area contributed by atoms with Crippen LogP contribution in [-0.2, 0) is 6.42 Å². The molecule has 0 amide bonds. The Morgan fingerprint density at radius 1 is 0.224 bits per heavy atom. The van der Waals surface area contributed by atoms with E-state index in [2.05, 4.69) is 358 Å². The molecular weight excluding hydrogens is 1210 g/mol. The standard InChI is InChI=1S/C47H30N2.C46H28N2S/c1-2-13-36(14-3-1)48-44-24-20-33(29-41(44)47-45(48)25-21-35-26-34-12-6-7-15-38(34)46(35)47)32-19-23-43-40(28-32)39-16-8-9-17-42(39)49(43)37-22-18-30-10-4-5-11-31(30)27-37;1-2-12-33(13-3-1)47-42-24-20-32(28-39(42)45-43(47)25-22-37-36-15-7-9-17-44(36)49-46(37)45)31-19-23-41-38(27-31)35-14-6-8-16-40(35)48(41)34-21-18-29-10-4-5-11-30(29)26-34/h1-25,27-29H,26H2;1-28H. The van der Waals surface area contributed by atoms with Gasteiger partial charge in [0.15, 0.2) is 0 Å². The van der Waals surface area contributed by atoms with E-state index < -0.39 is 0 Å². The van der Waals surface area contributed by atoms with E-state index in [1.165, 1.54) is 196 Å². The first-order chi connectivity index (χ1) is 48.6. The van der Waals surface area contributed by atoms with Crippen LogP contribution >= 0.6 is 11.3 Å². The zero-order chi connectivity index (χ0) is 64.1. The highest BCUT2D eigenvalue weighted by Crippen LogP contribution is 2.49. The molecule has 0 radical (unpaired) electrons. The molecule has 0 spiro atoms. The molecule has 0 aliphatic heterocycles. The van der Waals surface area contributed by atoms with E-state index >= 15 is 0 Å². The smallest absolute Gasteiger partial charge is 0.0555 e. The normalized spacial score (nSPS) is 12.2. The van der Waals surface area contributed by atoms with Crippen molar-refractivity contribution in [3.63, 3.8) is 0 Å². The van der Waals surface area contributed by atoms with Gasteiger partial charge in [0, 0.05) is 86.0 Å². The Kier molecular flexibility index (Phi) is 12.0. The Morgan fingerprint density at radius 3 is 1.20 bits per heavy atom. The lowest BCUT2D eigenvalue weighted by molar-refractivity contribution is 1.18. The topological polar surface area (TPSA) is 19.7 Å². The first-order valence-corrected chi connectivity index (χ1v) is 34.7. The lowest BCUT2D eigenvalue weighted by Gasteiger charge is -2.10. The van der Waals surface area contributed by atoms with Crippen molar-refractivity contribution in [2.45, 2.75) is 6.42 Å². The zero-order valence-electron chi connectivity index (χ0n) is 53.2. The van der Waals surface area contributed by atoms with E-state index in [-0.39, 0.29) is 0 Å². The number of para-hydroxylation sites is 4. The molecule has 0 saturated carbocycles. The fraction of sp³-hybridized carbons (Fsp3) is 0.0108. The number of nitrogens with zero attached hydrogens (tertiary/aromatic N) is 4. The monoisotopic (exact) mass is 1260 g/mol. The molecule has 5 aromatic heterocycles. The van der Waals surface area contributed by atoms with Crippen molar-refractivity contribution in [3.8, 4) is 56.1 Å². The summed E-state index contributed by atoms with van der Waals surface area (Å²) in [6.07, 6.45) is 0.983. The van der Waals surface area contributed by atoms with Crippen LogP contribution in [-0.4, -0.2) is 18.3 Å². The minimum atomic E-state index is 0.983. The molecule has 0 unspecified atom stereocenters. The fourth-order valence-corrected chi connectivity index (χ4v) is 17.8. The van der Waals surface area contributed by atoms with E-state index in [9.17, 15) is 0 Å². The number of fused-ring (bicyclic) bond motifs is 22. The zero-order valence-corrected chi connectivity index (χ0v) is 54.1. The minimum absolute atomic E-state index is 0.983. The van der Waals surface area contributed by atoms with Crippen molar-refractivity contribution < 1.29 is 0 Å². The third kappa shape index (κ3) is 8.30. The van der Waals surface area contributed by atoms with E-state index in [1.54, 1.807) is 0 Å². The van der Waals surface area contributed by atoms with Crippen molar-refractivity contribution in [1.82, 2.24) is 18.3 Å². The molecule has 456 valence electrons. The van der Waals surface area contributed by atoms with E-state index in [1.807, 2.05) is 11.3 Å². The molecule has 22 rings (SSSR count). The van der Waals surface area contributed by atoms with Crippen molar-refractivity contribution in [2.24, 2.45) is 0 Å². The van der Waals surface area contributed by atoms with Gasteiger partial charge in [-0.15, -0.1) is 11.3 Å². The van der Waals surface area contributed by atoms with Crippen molar-refractivity contribution in [3.05, 3.63) is 351 Å². The molecule has 0 saturated heterocycles. The second-order valence-corrected chi connectivity index (χ2v) is 27.4. The van der Waals surface area contributed by atoms with Crippen LogP contribution in [0.15, 0.2) is 340 Å². The van der Waals surface area contributed by atoms with Gasteiger partial charge in [-0.05, 0) is 200 Å². The summed E-state index contributed by atoms with van der Waals surface area (Å²) in [4.78, 5) is 0. The summed E-state index contributed by atoms with van der Waals surface area (Å²) in [7, 11) is 0. The minimum Gasteiger partial charge on any atom is -0.309 e. The van der Waals surface area contributed by atoms with Crippen LogP contribution in [0.3, 0.4) is 0 Å². The molecule has 0 bridgehead atoms. The van der Waals surface area contributed by atoms with Gasteiger partial charge in [-0.2, -0.15) is 0 Å². The molecule has 1 aliphatic rings. The van der Waals surface area contributed by atoms with Crippen molar-refractivity contribution in [2.75, 3.05) is 0 Å². The molecule has 0 atom stereocenters. The van der Waals surface area contributed by atoms with Gasteiger partial charge in [-0.25, -0.2) is 0 Å². The van der Waals surface area contributed by atoms with Crippen molar-refractivity contribution >= 4 is 140 Å². The molecule has 1 aliphatic carbocycles. The van der Waals surface area contributed by atoms with Gasteiger partial charge in [0.25, 0.3) is 0 Å². The first-order valence-electron chi connectivity index (χ1n) is 33.8. The van der Waals surface area contributed by atoms with Gasteiger partial charge in [0.1, 0.15) is 0 Å². The second-order valence-electron chi connectivity index (χ2n) is 26.3. The van der Waals surface area contributed by atoms with Crippen molar-refractivity contribution in [1.29, 1.82) is 0 Å². The Labute approximate surface area is 568 Å². The highest BCUT2D eigenvalue weighted by molar-refractivity contribution is 7.26. The molecule has 21 aromatic rings. The van der Waals surface area contributed by atoms with Crippen LogP contribution in [0.4, 0.5) is 0 Å². The Hall–Kier alpha value is -12.5. The lowest BCUT2D eigenvalue weighted by Crippen LogP contribution is -1.94. The first kappa shape index (κ1) is 54.8. The maximum atomic E-state index is 2.44. The maximum absolute atomic E-state index is 2.44. The largest absolute Gasteiger partial charge is 0.309 e. The average molecular weight is 1260 g/mol. The SMILES string of the molecule is c1ccc(-n2c3ccc(-c4ccc5c(c4)c4ccccc4n5-c4ccc5ccccc5c4)cc3c3c4c(ccc32)Cc2ccccc2-4)cc1.c1ccc(-n2c3ccc(-c4ccc5c(c4)c4ccccc4n5-c4ccc5ccccc5c4)cc3c3c4sc5ccccc5c4ccc32)cc1. The molecule has 0 N–H and O–H groups in total. The number of rotatable bonds is 6. The lowest BCUT2D eigenvalue weighted by atomic mass is 9.96. The third-order valence-corrected chi connectivity index (χ3v) is 22.2. The Morgan fingerprint density at radius 2 is 0.633 bits per heavy atom. The van der Waals surface area contributed by atoms with Gasteiger partial charge in [-0.1, -0.05) is 212 Å². The number of hydrogen-bond donors (Lipinski definition) is 0. The third-order valence-electron chi connectivity index (χ3n) is 21.0. The van der Waals surface area contributed by atoms with Gasteiger partial charge < -0.3 is 18.3 Å². The quantitative estimate of drug-likeness (QED) is 0.158. The summed E-state index contributed by atoms with van der Waals surface area (Å²) in [5, 5.41) is 18.0. The van der Waals surface area contributed by atoms with Crippen LogP contribution < -0.4 is 0 Å². The molecule has 5 heteroatoms. The average Bonchev–Trinajstić information content (AvgIpc) is 1.57. The van der Waals surface area contributed by atoms with E-state index in [4.69, 9.17) is 0 Å². The predicted octanol–water partition coefficient (Wildman–Crippen LogP) is 25.3. The second kappa shape index (κ2) is 21.5.